The van der Waals surface area contributed by atoms with Crippen molar-refractivity contribution in [2.75, 3.05) is 30.9 Å². The van der Waals surface area contributed by atoms with Crippen LogP contribution in [-0.2, 0) is 20.0 Å². The van der Waals surface area contributed by atoms with Crippen molar-refractivity contribution in [2.24, 2.45) is 7.05 Å². The van der Waals surface area contributed by atoms with Gasteiger partial charge in [0.15, 0.2) is 0 Å². The highest BCUT2D eigenvalue weighted by Gasteiger charge is 2.25. The first-order valence-electron chi connectivity index (χ1n) is 14.1. The molecule has 0 radical (unpaired) electrons. The summed E-state index contributed by atoms with van der Waals surface area (Å²) in [5.74, 6) is 0.891. The highest BCUT2D eigenvalue weighted by molar-refractivity contribution is 7.17. The number of thiophene rings is 1. The van der Waals surface area contributed by atoms with Crippen LogP contribution in [0.25, 0.3) is 10.2 Å². The van der Waals surface area contributed by atoms with E-state index in [1.54, 1.807) is 11.3 Å². The Morgan fingerprint density at radius 2 is 1.87 bits per heavy atom. The van der Waals surface area contributed by atoms with Crippen LogP contribution in [0.3, 0.4) is 0 Å². The first kappa shape index (κ1) is 26.0. The predicted octanol–water partition coefficient (Wildman–Crippen LogP) is 6.70. The Bertz CT molecular complexity index is 1450. The normalized spacial score (nSPS) is 19.3. The third-order valence-electron chi connectivity index (χ3n) is 8.43. The molecule has 4 aromatic rings. The van der Waals surface area contributed by atoms with Gasteiger partial charge in [0, 0.05) is 26.2 Å². The summed E-state index contributed by atoms with van der Waals surface area (Å²) in [6.45, 7) is 1.77. The van der Waals surface area contributed by atoms with Crippen molar-refractivity contribution in [2.45, 2.75) is 57.2 Å². The molecule has 0 saturated heterocycles. The van der Waals surface area contributed by atoms with E-state index >= 15 is 0 Å². The van der Waals surface area contributed by atoms with Gasteiger partial charge in [-0.2, -0.15) is 0 Å². The van der Waals surface area contributed by atoms with E-state index in [0.717, 1.165) is 66.1 Å². The number of amides is 1. The largest absolute Gasteiger partial charge is 0.490 e. The molecule has 0 unspecified atom stereocenters. The van der Waals surface area contributed by atoms with Gasteiger partial charge in [0.05, 0.1) is 27.7 Å². The Morgan fingerprint density at radius 3 is 2.62 bits per heavy atom. The number of carbonyl (C=O) groups is 1. The summed E-state index contributed by atoms with van der Waals surface area (Å²) in [4.78, 5) is 18.1. The van der Waals surface area contributed by atoms with Gasteiger partial charge in [0.2, 0.25) is 0 Å². The third-order valence-corrected chi connectivity index (χ3v) is 9.28. The number of nitrogens with one attached hydrogen (secondary N) is 1. The topological polar surface area (TPSA) is 49.7 Å². The molecule has 2 aliphatic rings. The predicted molar refractivity (Wildman–Crippen MR) is 161 cm³/mol. The maximum Gasteiger partial charge on any atom is 0.272 e. The van der Waals surface area contributed by atoms with Gasteiger partial charge < -0.3 is 24.4 Å². The maximum absolute atomic E-state index is 13.3. The first-order chi connectivity index (χ1) is 19.0. The van der Waals surface area contributed by atoms with E-state index in [9.17, 15) is 4.79 Å². The number of para-hydroxylation sites is 1. The number of fused-ring (bicyclic) bond motifs is 2. The lowest BCUT2D eigenvalue weighted by Crippen LogP contribution is -2.35. The number of carbonyl (C=O) groups excluding carboxylic acids is 1. The summed E-state index contributed by atoms with van der Waals surface area (Å²) in [6, 6.07) is 19.6. The zero-order chi connectivity index (χ0) is 26.9. The Balaban J connectivity index is 1.15. The van der Waals surface area contributed by atoms with Gasteiger partial charge in [-0.15, -0.1) is 11.3 Å². The van der Waals surface area contributed by atoms with Crippen LogP contribution in [0, 0.1) is 0 Å². The zero-order valence-electron chi connectivity index (χ0n) is 23.2. The number of aromatic nitrogens is 1. The Hall–Kier alpha value is -3.29. The molecule has 2 aromatic carbocycles. The van der Waals surface area contributed by atoms with Gasteiger partial charge >= 0.3 is 0 Å². The van der Waals surface area contributed by atoms with Gasteiger partial charge in [-0.1, -0.05) is 24.3 Å². The third kappa shape index (κ3) is 5.43. The number of rotatable bonds is 7. The van der Waals surface area contributed by atoms with E-state index in [0.29, 0.717) is 17.8 Å². The molecule has 1 aliphatic heterocycles. The molecule has 0 atom stereocenters. The van der Waals surface area contributed by atoms with Gasteiger partial charge in [0.25, 0.3) is 5.91 Å². The highest BCUT2D eigenvalue weighted by atomic mass is 32.1. The van der Waals surface area contributed by atoms with Gasteiger partial charge in [-0.3, -0.25) is 4.79 Å². The van der Waals surface area contributed by atoms with Gasteiger partial charge in [-0.05, 0) is 99.5 Å². The molecule has 1 N–H and O–H groups in total. The van der Waals surface area contributed by atoms with Crippen molar-refractivity contribution in [1.82, 2.24) is 9.47 Å². The molecular weight excluding hydrogens is 504 g/mol. The minimum Gasteiger partial charge on any atom is -0.490 e. The van der Waals surface area contributed by atoms with Crippen molar-refractivity contribution in [3.05, 3.63) is 76.8 Å². The van der Waals surface area contributed by atoms with Crippen LogP contribution in [0.15, 0.2) is 60.0 Å². The van der Waals surface area contributed by atoms with Gasteiger partial charge in [0.1, 0.15) is 11.4 Å². The average molecular weight is 543 g/mol. The molecule has 39 heavy (non-hydrogen) atoms. The second-order valence-electron chi connectivity index (χ2n) is 11.2. The maximum atomic E-state index is 13.3. The molecule has 2 aromatic heterocycles. The van der Waals surface area contributed by atoms with Crippen molar-refractivity contribution in [3.63, 3.8) is 0 Å². The van der Waals surface area contributed by atoms with Crippen LogP contribution in [0.4, 0.5) is 11.4 Å². The summed E-state index contributed by atoms with van der Waals surface area (Å²) >= 11 is 1.66. The summed E-state index contributed by atoms with van der Waals surface area (Å²) in [5, 5.41) is 5.30. The highest BCUT2D eigenvalue weighted by Crippen LogP contribution is 2.36. The van der Waals surface area contributed by atoms with E-state index < -0.39 is 0 Å². The lowest BCUT2D eigenvalue weighted by atomic mass is 9.92. The fraction of sp³-hybridized carbons (Fsp3) is 0.406. The summed E-state index contributed by atoms with van der Waals surface area (Å²) in [5.41, 5.74) is 6.34. The molecule has 1 amide bonds. The number of hydrogen-bond acceptors (Lipinski definition) is 5. The van der Waals surface area contributed by atoms with Crippen LogP contribution in [0.1, 0.15) is 53.7 Å². The SMILES string of the molecule is Cn1c(C(=O)Nc2cccc3c2N(Cc2ccc(O[C@H]4CC[C@H](N(C)C)CC4)cc2)CCC3)cc2sccc21. The zero-order valence-corrected chi connectivity index (χ0v) is 24.0. The fourth-order valence-corrected chi connectivity index (χ4v) is 7.07. The molecule has 6 rings (SSSR count). The fourth-order valence-electron chi connectivity index (χ4n) is 6.22. The van der Waals surface area contributed by atoms with E-state index in [4.69, 9.17) is 4.74 Å². The molecule has 0 bridgehead atoms. The van der Waals surface area contributed by atoms with Crippen molar-refractivity contribution < 1.29 is 9.53 Å². The Labute approximate surface area is 235 Å². The van der Waals surface area contributed by atoms with Crippen molar-refractivity contribution >= 4 is 38.8 Å². The van der Waals surface area contributed by atoms with Crippen molar-refractivity contribution in [1.29, 1.82) is 0 Å². The second-order valence-corrected chi connectivity index (χ2v) is 12.2. The molecule has 1 saturated carbocycles. The molecule has 0 spiro atoms. The quantitative estimate of drug-likeness (QED) is 0.282. The molecule has 3 heterocycles. The first-order valence-corrected chi connectivity index (χ1v) is 15.0. The number of hydrogen-bond donors (Lipinski definition) is 1. The monoisotopic (exact) mass is 542 g/mol. The van der Waals surface area contributed by atoms with Crippen molar-refractivity contribution in [3.8, 4) is 5.75 Å². The van der Waals surface area contributed by atoms with Crippen LogP contribution in [0.2, 0.25) is 0 Å². The van der Waals surface area contributed by atoms with E-state index in [2.05, 4.69) is 77.1 Å². The van der Waals surface area contributed by atoms with Gasteiger partial charge in [-0.25, -0.2) is 0 Å². The minimum atomic E-state index is -0.0686. The smallest absolute Gasteiger partial charge is 0.272 e. The van der Waals surface area contributed by atoms with Crippen LogP contribution >= 0.6 is 11.3 Å². The Morgan fingerprint density at radius 1 is 1.08 bits per heavy atom. The molecule has 1 aliphatic carbocycles. The lowest BCUT2D eigenvalue weighted by molar-refractivity contribution is 0.101. The summed E-state index contributed by atoms with van der Waals surface area (Å²) in [6.07, 6.45) is 7.08. The van der Waals surface area contributed by atoms with E-state index in [1.807, 2.05) is 23.7 Å². The number of aryl methyl sites for hydroxylation is 2. The number of ether oxygens (including phenoxy) is 1. The Kier molecular flexibility index (Phi) is 7.36. The number of anilines is 2. The molecule has 204 valence electrons. The van der Waals surface area contributed by atoms with Crippen LogP contribution < -0.4 is 15.0 Å². The van der Waals surface area contributed by atoms with E-state index in [-0.39, 0.29) is 5.91 Å². The number of benzene rings is 2. The average Bonchev–Trinajstić information content (AvgIpc) is 3.53. The number of nitrogens with zero attached hydrogens (tertiary/aromatic N) is 3. The molecule has 1 fully saturated rings. The minimum absolute atomic E-state index is 0.0686. The van der Waals surface area contributed by atoms with E-state index in [1.165, 1.54) is 24.0 Å². The van der Waals surface area contributed by atoms with Crippen LogP contribution in [-0.4, -0.2) is 48.2 Å². The molecule has 7 heteroatoms. The summed E-state index contributed by atoms with van der Waals surface area (Å²) in [7, 11) is 6.31. The molecular formula is C32H38N4O2S. The second kappa shape index (κ2) is 11.1. The standard InChI is InChI=1S/C32H38N4O2S/c1-34(2)24-11-15-26(16-12-24)38-25-13-9-22(10-14-25)21-36-18-5-7-23-6-4-8-27(31(23)36)33-32(37)29-20-30-28(35(29)3)17-19-39-30/h4,6,8-10,13-14,17,19-20,24,26H,5,7,11-12,15-16,18,21H2,1-3H3,(H,33,37)/t24-,26-. The van der Waals surface area contributed by atoms with Crippen LogP contribution in [0.5, 0.6) is 5.75 Å². The lowest BCUT2D eigenvalue weighted by Gasteiger charge is -2.33. The summed E-state index contributed by atoms with van der Waals surface area (Å²) < 4.78 is 9.44. The molecule has 6 nitrogen and oxygen atoms in total.